The van der Waals surface area contributed by atoms with Crippen molar-refractivity contribution >= 4 is 27.5 Å². The summed E-state index contributed by atoms with van der Waals surface area (Å²) >= 11 is 3.10. The van der Waals surface area contributed by atoms with Gasteiger partial charge in [0, 0.05) is 10.6 Å². The van der Waals surface area contributed by atoms with E-state index < -0.39 is 23.6 Å². The van der Waals surface area contributed by atoms with E-state index in [0.717, 1.165) is 0 Å². The average Bonchev–Trinajstić information content (AvgIpc) is 2.16. The van der Waals surface area contributed by atoms with Crippen LogP contribution in [0.4, 0.5) is 13.2 Å². The van der Waals surface area contributed by atoms with Crippen molar-refractivity contribution in [1.82, 2.24) is 0 Å². The van der Waals surface area contributed by atoms with E-state index in [0.29, 0.717) is 10.6 Å². The van der Waals surface area contributed by atoms with E-state index in [9.17, 15) is 18.0 Å². The first-order valence-corrected chi connectivity index (χ1v) is 5.14. The third-order valence-corrected chi connectivity index (χ3v) is 2.77. The van der Waals surface area contributed by atoms with Crippen LogP contribution >= 0.6 is 15.9 Å². The Morgan fingerprint density at radius 2 is 2.00 bits per heavy atom. The summed E-state index contributed by atoms with van der Waals surface area (Å²) in [6.07, 6.45) is 0.374. The number of hydrogen-bond donors (Lipinski definition) is 0. The van der Waals surface area contributed by atoms with Gasteiger partial charge in [-0.15, -0.1) is 0 Å². The zero-order valence-corrected chi connectivity index (χ0v) is 9.34. The maximum absolute atomic E-state index is 12.7. The topological polar surface area (TPSA) is 29.4 Å². The largest absolute Gasteiger partial charge is 0.413 e. The molecule has 6 heteroatoms. The molecule has 0 spiro atoms. The molecule has 0 aromatic heterocycles. The second-order valence-electron chi connectivity index (χ2n) is 3.33. The van der Waals surface area contributed by atoms with Crippen molar-refractivity contribution in [2.75, 3.05) is 0 Å². The fraction of sp³-hybridized carbons (Fsp3) is 0.200. The number of dihydropyridines is 1. The van der Waals surface area contributed by atoms with Crippen LogP contribution in [0.1, 0.15) is 0 Å². The van der Waals surface area contributed by atoms with Gasteiger partial charge in [0.25, 0.3) is 5.91 Å². The van der Waals surface area contributed by atoms with Crippen LogP contribution in [0, 0.1) is 5.92 Å². The minimum Gasteiger partial charge on any atom is -0.267 e. The Morgan fingerprint density at radius 3 is 2.62 bits per heavy atom. The molecule has 0 fully saturated rings. The molecule has 1 atom stereocenters. The van der Waals surface area contributed by atoms with Crippen LogP contribution in [0.2, 0.25) is 0 Å². The summed E-state index contributed by atoms with van der Waals surface area (Å²) in [5, 5.41) is 0. The molecular weight excluding hydrogens is 287 g/mol. The van der Waals surface area contributed by atoms with Gasteiger partial charge in [-0.1, -0.05) is 22.0 Å². The van der Waals surface area contributed by atoms with Crippen molar-refractivity contribution < 1.29 is 18.0 Å². The van der Waals surface area contributed by atoms with Crippen LogP contribution in [-0.4, -0.2) is 17.8 Å². The number of hydrogen-bond acceptors (Lipinski definition) is 1. The summed E-state index contributed by atoms with van der Waals surface area (Å²) in [5.74, 6) is -1.85. The van der Waals surface area contributed by atoms with Gasteiger partial charge in [0.2, 0.25) is 0 Å². The Hall–Kier alpha value is -1.17. The van der Waals surface area contributed by atoms with Gasteiger partial charge in [0.1, 0.15) is 0 Å². The SMILES string of the molecule is O=C1C=C(C(F)(F)F)C2C=C(Br)C=CC2=N1. The van der Waals surface area contributed by atoms with Gasteiger partial charge in [0.15, 0.2) is 0 Å². The normalized spacial score (nSPS) is 24.6. The fourth-order valence-electron chi connectivity index (χ4n) is 1.57. The number of fused-ring (bicyclic) bond motifs is 1. The highest BCUT2D eigenvalue weighted by Crippen LogP contribution is 2.37. The van der Waals surface area contributed by atoms with Gasteiger partial charge in [-0.05, 0) is 12.2 Å². The lowest BCUT2D eigenvalue weighted by Gasteiger charge is -2.24. The van der Waals surface area contributed by atoms with Crippen LogP contribution < -0.4 is 0 Å². The molecule has 2 rings (SSSR count). The molecule has 0 aromatic rings. The zero-order chi connectivity index (χ0) is 11.9. The summed E-state index contributed by atoms with van der Waals surface area (Å²) in [5.41, 5.74) is -0.744. The average molecular weight is 292 g/mol. The van der Waals surface area contributed by atoms with Crippen LogP contribution in [0.15, 0.2) is 39.4 Å². The molecule has 0 saturated carbocycles. The molecular formula is C10H5BrF3NO. The van der Waals surface area contributed by atoms with Crippen molar-refractivity contribution in [2.45, 2.75) is 6.18 Å². The number of alkyl halides is 3. The summed E-state index contributed by atoms with van der Waals surface area (Å²) < 4.78 is 38.5. The number of nitrogens with zero attached hydrogens (tertiary/aromatic N) is 1. The summed E-state index contributed by atoms with van der Waals surface area (Å²) in [4.78, 5) is 14.6. The number of carbonyl (C=O) groups is 1. The second-order valence-corrected chi connectivity index (χ2v) is 4.25. The Kier molecular flexibility index (Phi) is 2.61. The number of halogens is 4. The molecule has 1 unspecified atom stereocenters. The van der Waals surface area contributed by atoms with E-state index in [-0.39, 0.29) is 5.71 Å². The Morgan fingerprint density at radius 1 is 1.31 bits per heavy atom. The van der Waals surface area contributed by atoms with Gasteiger partial charge >= 0.3 is 6.18 Å². The van der Waals surface area contributed by atoms with Crippen LogP contribution in [0.3, 0.4) is 0 Å². The molecule has 0 bridgehead atoms. The quantitative estimate of drug-likeness (QED) is 0.675. The Balaban J connectivity index is 2.48. The summed E-state index contributed by atoms with van der Waals surface area (Å²) in [6.45, 7) is 0. The van der Waals surface area contributed by atoms with Crippen LogP contribution in [-0.2, 0) is 4.79 Å². The van der Waals surface area contributed by atoms with Crippen molar-refractivity contribution in [1.29, 1.82) is 0 Å². The first kappa shape index (κ1) is 11.3. The first-order chi connectivity index (χ1) is 7.38. The molecule has 2 nitrogen and oxygen atoms in total. The van der Waals surface area contributed by atoms with E-state index in [4.69, 9.17) is 0 Å². The minimum atomic E-state index is -4.52. The Labute approximate surface area is 97.4 Å². The molecule has 84 valence electrons. The maximum Gasteiger partial charge on any atom is 0.413 e. The summed E-state index contributed by atoms with van der Waals surface area (Å²) in [7, 11) is 0. The van der Waals surface area contributed by atoms with Crippen LogP contribution in [0.25, 0.3) is 0 Å². The molecule has 1 aliphatic heterocycles. The molecule has 0 aromatic carbocycles. The number of carbonyl (C=O) groups excluding carboxylic acids is 1. The van der Waals surface area contributed by atoms with Gasteiger partial charge in [-0.3, -0.25) is 4.79 Å². The zero-order valence-electron chi connectivity index (χ0n) is 7.75. The standard InChI is InChI=1S/C10H5BrF3NO/c11-5-1-2-8-6(3-5)7(10(12,13)14)4-9(16)15-8/h1-4,6H. The van der Waals surface area contributed by atoms with E-state index in [2.05, 4.69) is 20.9 Å². The maximum atomic E-state index is 12.7. The highest BCUT2D eigenvalue weighted by molar-refractivity contribution is 9.11. The number of amides is 1. The van der Waals surface area contributed by atoms with Crippen molar-refractivity contribution in [2.24, 2.45) is 10.9 Å². The third kappa shape index (κ3) is 2.02. The lowest BCUT2D eigenvalue weighted by molar-refractivity contribution is -0.116. The predicted molar refractivity (Wildman–Crippen MR) is 56.2 cm³/mol. The lowest BCUT2D eigenvalue weighted by atomic mass is 9.88. The fourth-order valence-corrected chi connectivity index (χ4v) is 1.96. The van der Waals surface area contributed by atoms with Gasteiger partial charge < -0.3 is 0 Å². The van der Waals surface area contributed by atoms with Crippen molar-refractivity contribution in [3.63, 3.8) is 0 Å². The number of allylic oxidation sites excluding steroid dienone is 5. The minimum absolute atomic E-state index is 0.128. The van der Waals surface area contributed by atoms with Crippen molar-refractivity contribution in [3.8, 4) is 0 Å². The van der Waals surface area contributed by atoms with E-state index >= 15 is 0 Å². The highest BCUT2D eigenvalue weighted by Gasteiger charge is 2.42. The first-order valence-electron chi connectivity index (χ1n) is 4.34. The van der Waals surface area contributed by atoms with Gasteiger partial charge in [0.05, 0.1) is 17.2 Å². The molecule has 0 N–H and O–H groups in total. The number of aliphatic imine (C=N–C) groups is 1. The molecule has 1 amide bonds. The van der Waals surface area contributed by atoms with E-state index in [1.165, 1.54) is 12.2 Å². The lowest BCUT2D eigenvalue weighted by Crippen LogP contribution is -2.29. The van der Waals surface area contributed by atoms with Crippen LogP contribution in [0.5, 0.6) is 0 Å². The monoisotopic (exact) mass is 291 g/mol. The van der Waals surface area contributed by atoms with Crippen molar-refractivity contribution in [3.05, 3.63) is 34.4 Å². The van der Waals surface area contributed by atoms with E-state index in [1.807, 2.05) is 0 Å². The molecule has 16 heavy (non-hydrogen) atoms. The van der Waals surface area contributed by atoms with Gasteiger partial charge in [-0.2, -0.15) is 13.2 Å². The Bertz CT molecular complexity index is 471. The molecule has 1 heterocycles. The predicted octanol–water partition coefficient (Wildman–Crippen LogP) is 2.92. The van der Waals surface area contributed by atoms with Gasteiger partial charge in [-0.25, -0.2) is 4.99 Å². The molecule has 0 saturated heterocycles. The summed E-state index contributed by atoms with van der Waals surface area (Å²) in [6, 6.07) is 0. The molecule has 2 aliphatic rings. The number of rotatable bonds is 0. The third-order valence-electron chi connectivity index (χ3n) is 2.24. The smallest absolute Gasteiger partial charge is 0.267 e. The highest BCUT2D eigenvalue weighted by atomic mass is 79.9. The molecule has 1 aliphatic carbocycles. The van der Waals surface area contributed by atoms with E-state index in [1.54, 1.807) is 6.08 Å². The second kappa shape index (κ2) is 3.69. The molecule has 0 radical (unpaired) electrons.